The predicted octanol–water partition coefficient (Wildman–Crippen LogP) is 3.94. The molecule has 3 aromatic heterocycles. The SMILES string of the molecule is Nc1c(C(=O)c2c(=O)o[nH][n+]2-c2ccccc2)sc2nc3c(cc12)CC(c1ccccc1)CC3. The number of aryl methyl sites for hydroxylation is 1. The van der Waals surface area contributed by atoms with Crippen LogP contribution in [0.25, 0.3) is 15.9 Å². The monoisotopic (exact) mass is 469 g/mol. The molecule has 0 amide bonds. The Hall–Kier alpha value is -4.04. The Morgan fingerprint density at radius 3 is 2.62 bits per heavy atom. The van der Waals surface area contributed by atoms with Crippen LogP contribution >= 0.6 is 11.3 Å². The molecule has 3 heterocycles. The Labute approximate surface area is 198 Å². The average molecular weight is 470 g/mol. The first-order valence-corrected chi connectivity index (χ1v) is 11.9. The summed E-state index contributed by atoms with van der Waals surface area (Å²) in [6.07, 6.45) is 2.79. The van der Waals surface area contributed by atoms with Gasteiger partial charge >= 0.3 is 11.3 Å². The molecular formula is C26H21N4O3S+. The minimum Gasteiger partial charge on any atom is -0.397 e. The summed E-state index contributed by atoms with van der Waals surface area (Å²) >= 11 is 1.22. The van der Waals surface area contributed by atoms with Crippen LogP contribution in [0.3, 0.4) is 0 Å². The van der Waals surface area contributed by atoms with E-state index in [-0.39, 0.29) is 5.69 Å². The zero-order chi connectivity index (χ0) is 23.2. The number of nitrogens with zero attached hydrogens (tertiary/aromatic N) is 2. The van der Waals surface area contributed by atoms with Gasteiger partial charge < -0.3 is 5.73 Å². The highest BCUT2D eigenvalue weighted by atomic mass is 32.1. The molecule has 0 saturated carbocycles. The molecule has 6 rings (SSSR count). The zero-order valence-electron chi connectivity index (χ0n) is 18.2. The number of para-hydroxylation sites is 1. The molecule has 5 aromatic rings. The number of nitrogens with two attached hydrogens (primary N) is 1. The van der Waals surface area contributed by atoms with Gasteiger partial charge in [-0.05, 0) is 52.3 Å². The Morgan fingerprint density at radius 2 is 1.85 bits per heavy atom. The van der Waals surface area contributed by atoms with Crippen molar-refractivity contribution in [1.82, 2.24) is 10.3 Å². The molecule has 1 unspecified atom stereocenters. The summed E-state index contributed by atoms with van der Waals surface area (Å²) in [6, 6.07) is 21.6. The van der Waals surface area contributed by atoms with Crippen LogP contribution in [0, 0.1) is 0 Å². The van der Waals surface area contributed by atoms with E-state index in [4.69, 9.17) is 15.2 Å². The maximum atomic E-state index is 13.5. The highest BCUT2D eigenvalue weighted by Crippen LogP contribution is 2.38. The van der Waals surface area contributed by atoms with Crippen molar-refractivity contribution in [2.24, 2.45) is 0 Å². The number of hydrogen-bond donors (Lipinski definition) is 2. The van der Waals surface area contributed by atoms with E-state index in [2.05, 4.69) is 35.6 Å². The first-order valence-electron chi connectivity index (χ1n) is 11.1. The molecule has 0 saturated heterocycles. The number of rotatable bonds is 4. The summed E-state index contributed by atoms with van der Waals surface area (Å²) < 4.78 is 6.30. The van der Waals surface area contributed by atoms with E-state index in [1.807, 2.05) is 24.3 Å². The first kappa shape index (κ1) is 20.6. The molecule has 3 N–H and O–H groups in total. The van der Waals surface area contributed by atoms with Crippen LogP contribution in [-0.2, 0) is 12.8 Å². The molecule has 0 radical (unpaired) electrons. The number of pyridine rings is 1. The smallest absolute Gasteiger partial charge is 0.397 e. The summed E-state index contributed by atoms with van der Waals surface area (Å²) in [5, 5.41) is 3.27. The normalized spacial score (nSPS) is 15.4. The fourth-order valence-corrected chi connectivity index (χ4v) is 5.74. The van der Waals surface area contributed by atoms with Crippen LogP contribution < -0.4 is 16.0 Å². The first-order chi connectivity index (χ1) is 16.6. The Kier molecular flexibility index (Phi) is 4.88. The standard InChI is InChI=1S/C26H20N4O3S/c27-21-19-14-17-13-16(15-7-3-1-4-8-15)11-12-20(17)28-25(19)34-24(21)23(31)22-26(32)33-29-30(22)18-9-5-2-6-10-18/h1-10,14,16H,11-13H2,(H2-,27,29,31,32)/p+1. The lowest BCUT2D eigenvalue weighted by Crippen LogP contribution is -2.41. The summed E-state index contributed by atoms with van der Waals surface area (Å²) in [6.45, 7) is 0. The summed E-state index contributed by atoms with van der Waals surface area (Å²) in [4.78, 5) is 31.8. The van der Waals surface area contributed by atoms with Crippen molar-refractivity contribution >= 4 is 33.0 Å². The third-order valence-electron chi connectivity index (χ3n) is 6.44. The predicted molar refractivity (Wildman–Crippen MR) is 130 cm³/mol. The van der Waals surface area contributed by atoms with Gasteiger partial charge in [0.1, 0.15) is 9.71 Å². The van der Waals surface area contributed by atoms with Crippen molar-refractivity contribution in [2.75, 3.05) is 5.73 Å². The molecule has 168 valence electrons. The minimum atomic E-state index is -0.747. The maximum Gasteiger partial charge on any atom is 0.439 e. The van der Waals surface area contributed by atoms with Crippen LogP contribution in [0.2, 0.25) is 0 Å². The second-order valence-corrected chi connectivity index (χ2v) is 9.47. The van der Waals surface area contributed by atoms with Crippen LogP contribution in [0.1, 0.15) is 44.5 Å². The van der Waals surface area contributed by atoms with Crippen molar-refractivity contribution in [2.45, 2.75) is 25.2 Å². The number of aromatic amines is 1. The van der Waals surface area contributed by atoms with Gasteiger partial charge in [-0.15, -0.1) is 11.3 Å². The Morgan fingerprint density at radius 1 is 1.12 bits per heavy atom. The van der Waals surface area contributed by atoms with Crippen LogP contribution in [0.15, 0.2) is 76.0 Å². The number of carbonyl (C=O) groups excluding carboxylic acids is 1. The topological polar surface area (TPSA) is 106 Å². The van der Waals surface area contributed by atoms with Crippen molar-refractivity contribution in [3.05, 3.63) is 105 Å². The van der Waals surface area contributed by atoms with E-state index in [0.717, 1.165) is 35.9 Å². The molecule has 1 atom stereocenters. The lowest BCUT2D eigenvalue weighted by molar-refractivity contribution is -0.672. The van der Waals surface area contributed by atoms with Gasteiger partial charge in [0.15, 0.2) is 0 Å². The number of benzene rings is 2. The molecule has 0 bridgehead atoms. The van der Waals surface area contributed by atoms with E-state index in [1.54, 1.807) is 12.1 Å². The number of nitrogen functional groups attached to an aromatic ring is 1. The number of H-pyrrole nitrogens is 1. The van der Waals surface area contributed by atoms with E-state index in [1.165, 1.54) is 21.6 Å². The van der Waals surface area contributed by atoms with Gasteiger partial charge in [0.25, 0.3) is 5.78 Å². The van der Waals surface area contributed by atoms with Gasteiger partial charge in [0, 0.05) is 23.2 Å². The highest BCUT2D eigenvalue weighted by molar-refractivity contribution is 7.21. The molecule has 34 heavy (non-hydrogen) atoms. The number of carbonyl (C=O) groups is 1. The third kappa shape index (κ3) is 3.34. The fourth-order valence-electron chi connectivity index (χ4n) is 4.70. The van der Waals surface area contributed by atoms with E-state index in [9.17, 15) is 9.59 Å². The molecule has 8 heteroatoms. The number of aromatic nitrogens is 3. The van der Waals surface area contributed by atoms with Gasteiger partial charge in [-0.1, -0.05) is 48.5 Å². The molecule has 0 spiro atoms. The Balaban J connectivity index is 1.40. The second-order valence-electron chi connectivity index (χ2n) is 8.47. The van der Waals surface area contributed by atoms with Crippen LogP contribution in [0.5, 0.6) is 0 Å². The molecule has 2 aromatic carbocycles. The number of ketones is 1. The van der Waals surface area contributed by atoms with Gasteiger partial charge in [-0.2, -0.15) is 0 Å². The Bertz CT molecular complexity index is 1590. The van der Waals surface area contributed by atoms with Crippen LogP contribution in [-0.4, -0.2) is 16.0 Å². The minimum absolute atomic E-state index is 0.127. The lowest BCUT2D eigenvalue weighted by atomic mass is 9.82. The van der Waals surface area contributed by atoms with E-state index in [0.29, 0.717) is 27.0 Å². The van der Waals surface area contributed by atoms with E-state index < -0.39 is 11.4 Å². The van der Waals surface area contributed by atoms with Gasteiger partial charge in [-0.3, -0.25) is 9.32 Å². The molecule has 7 nitrogen and oxygen atoms in total. The molecular weight excluding hydrogens is 448 g/mol. The summed E-state index contributed by atoms with van der Waals surface area (Å²) in [5.41, 5.74) is 10.1. The average Bonchev–Trinajstić information content (AvgIpc) is 3.42. The second kappa shape index (κ2) is 8.07. The van der Waals surface area contributed by atoms with Crippen LogP contribution in [0.4, 0.5) is 5.69 Å². The summed E-state index contributed by atoms with van der Waals surface area (Å²) in [5.74, 6) is -0.0530. The van der Waals surface area contributed by atoms with E-state index >= 15 is 0 Å². The number of nitrogens with one attached hydrogen (secondary N) is 1. The lowest BCUT2D eigenvalue weighted by Gasteiger charge is -2.24. The summed E-state index contributed by atoms with van der Waals surface area (Å²) in [7, 11) is 0. The van der Waals surface area contributed by atoms with Gasteiger partial charge in [0.2, 0.25) is 5.69 Å². The van der Waals surface area contributed by atoms with Crippen molar-refractivity contribution in [3.8, 4) is 5.69 Å². The fraction of sp³-hybridized carbons (Fsp3) is 0.154. The maximum absolute atomic E-state index is 13.5. The molecule has 0 aliphatic heterocycles. The van der Waals surface area contributed by atoms with Crippen molar-refractivity contribution < 1.29 is 14.0 Å². The zero-order valence-corrected chi connectivity index (χ0v) is 19.0. The third-order valence-corrected chi connectivity index (χ3v) is 7.55. The molecule has 0 fully saturated rings. The molecule has 1 aliphatic rings. The number of fused-ring (bicyclic) bond motifs is 2. The number of hydrogen-bond acceptors (Lipinski definition) is 6. The number of anilines is 1. The van der Waals surface area contributed by atoms with Crippen molar-refractivity contribution in [3.63, 3.8) is 0 Å². The highest BCUT2D eigenvalue weighted by Gasteiger charge is 2.35. The van der Waals surface area contributed by atoms with Gasteiger partial charge in [-0.25, -0.2) is 9.78 Å². The number of thiophene rings is 1. The molecule has 1 aliphatic carbocycles. The largest absolute Gasteiger partial charge is 0.439 e. The quantitative estimate of drug-likeness (QED) is 0.306. The van der Waals surface area contributed by atoms with Crippen molar-refractivity contribution in [1.29, 1.82) is 0 Å². The van der Waals surface area contributed by atoms with Gasteiger partial charge in [0.05, 0.1) is 5.69 Å².